The zero-order valence-corrected chi connectivity index (χ0v) is 15.2. The Hall–Kier alpha value is -2.78. The maximum atomic E-state index is 12.5. The van der Waals surface area contributed by atoms with Crippen LogP contribution in [0.25, 0.3) is 0 Å². The van der Waals surface area contributed by atoms with Gasteiger partial charge in [0.05, 0.1) is 0 Å². The second kappa shape index (κ2) is 6.99. The summed E-state index contributed by atoms with van der Waals surface area (Å²) < 4.78 is 20.6. The number of aliphatic hydroxyl groups is 1. The molecule has 0 saturated carbocycles. The number of carboxylic acid groups (broad SMARTS) is 1. The zero-order chi connectivity index (χ0) is 20.0. The number of halogens is 1. The van der Waals surface area contributed by atoms with E-state index >= 15 is 0 Å². The maximum absolute atomic E-state index is 12.5. The molecule has 4 heterocycles. The Bertz CT molecular complexity index is 934. The first-order chi connectivity index (χ1) is 13.4. The van der Waals surface area contributed by atoms with Crippen LogP contribution in [-0.4, -0.2) is 78.3 Å². The Morgan fingerprint density at radius 3 is 3.00 bits per heavy atom. The number of alkyl halides is 1. The second-order valence-electron chi connectivity index (χ2n) is 5.57. The van der Waals surface area contributed by atoms with Gasteiger partial charge in [-0.25, -0.2) is 14.0 Å². The van der Waals surface area contributed by atoms with Crippen molar-refractivity contribution in [2.45, 2.75) is 17.7 Å². The molecule has 1 aromatic heterocycles. The average Bonchev–Trinajstić information content (AvgIpc) is 3.23. The Morgan fingerprint density at radius 2 is 2.29 bits per heavy atom. The summed E-state index contributed by atoms with van der Waals surface area (Å²) in [7, 11) is 0. The van der Waals surface area contributed by atoms with Crippen LogP contribution in [0.2, 0.25) is 0 Å². The molecule has 0 spiro atoms. The van der Waals surface area contributed by atoms with Crippen molar-refractivity contribution in [3.63, 3.8) is 0 Å². The van der Waals surface area contributed by atoms with Gasteiger partial charge >= 0.3 is 11.9 Å². The van der Waals surface area contributed by atoms with Gasteiger partial charge in [-0.3, -0.25) is 9.69 Å². The molecule has 4 rings (SSSR count). The highest BCUT2D eigenvalue weighted by Crippen LogP contribution is 2.44. The Kier molecular flexibility index (Phi) is 4.64. The Labute approximate surface area is 163 Å². The lowest BCUT2D eigenvalue weighted by molar-refractivity contribution is -0.156. The van der Waals surface area contributed by atoms with E-state index in [1.54, 1.807) is 0 Å². The minimum atomic E-state index is -1.51. The van der Waals surface area contributed by atoms with Crippen LogP contribution >= 0.6 is 23.3 Å². The van der Waals surface area contributed by atoms with Gasteiger partial charge in [-0.15, -0.1) is 11.8 Å². The summed E-state index contributed by atoms with van der Waals surface area (Å²) >= 11 is 2.10. The summed E-state index contributed by atoms with van der Waals surface area (Å²) in [5, 5.41) is 24.4. The normalized spacial score (nSPS) is 26.4. The van der Waals surface area contributed by atoms with Crippen molar-refractivity contribution in [3.05, 3.63) is 17.1 Å². The molecule has 3 unspecified atom stereocenters. The van der Waals surface area contributed by atoms with E-state index in [0.29, 0.717) is 11.3 Å². The highest BCUT2D eigenvalue weighted by Gasteiger charge is 2.57. The Morgan fingerprint density at radius 1 is 1.50 bits per heavy atom. The predicted octanol–water partition coefficient (Wildman–Crippen LogP) is -0.905. The molecule has 3 aliphatic heterocycles. The molecule has 148 valence electrons. The summed E-state index contributed by atoms with van der Waals surface area (Å²) in [5.41, 5.74) is -0.277. The summed E-state index contributed by atoms with van der Waals surface area (Å²) in [6, 6.07) is -0.738. The van der Waals surface area contributed by atoms with E-state index in [2.05, 4.69) is 24.7 Å². The molecule has 15 heteroatoms. The van der Waals surface area contributed by atoms with Crippen molar-refractivity contribution in [2.24, 2.45) is 5.16 Å². The van der Waals surface area contributed by atoms with E-state index in [-0.39, 0.29) is 16.7 Å². The van der Waals surface area contributed by atoms with Gasteiger partial charge in [-0.1, -0.05) is 5.16 Å². The number of aliphatic carboxylic acids is 1. The third kappa shape index (κ3) is 2.87. The fourth-order valence-electron chi connectivity index (χ4n) is 2.83. The fourth-order valence-corrected chi connectivity index (χ4v) is 4.80. The fraction of sp³-hybridized carbons (Fsp3) is 0.385. The minimum absolute atomic E-state index is 0.0564. The third-order valence-corrected chi connectivity index (χ3v) is 5.98. The van der Waals surface area contributed by atoms with Gasteiger partial charge in [0.15, 0.2) is 0 Å². The number of aromatic nitrogens is 2. The summed E-state index contributed by atoms with van der Waals surface area (Å²) in [6.07, 6.45) is -1.35. The average molecular weight is 431 g/mol. The van der Waals surface area contributed by atoms with Crippen molar-refractivity contribution in [1.82, 2.24) is 14.3 Å². The van der Waals surface area contributed by atoms with Gasteiger partial charge in [-0.2, -0.15) is 9.36 Å². The van der Waals surface area contributed by atoms with E-state index < -0.39 is 48.1 Å². The molecule has 3 aliphatic rings. The maximum Gasteiger partial charge on any atom is 0.362 e. The number of fused-ring (bicyclic) bond motifs is 2. The van der Waals surface area contributed by atoms with E-state index in [0.717, 1.165) is 11.5 Å². The highest BCUT2D eigenvalue weighted by atomic mass is 32.2. The number of nitrogens with one attached hydrogen (secondary N) is 1. The molecule has 28 heavy (non-hydrogen) atoms. The van der Waals surface area contributed by atoms with Crippen molar-refractivity contribution in [1.29, 1.82) is 0 Å². The number of esters is 1. The first-order valence-corrected chi connectivity index (χ1v) is 9.41. The first-order valence-electron chi connectivity index (χ1n) is 7.59. The van der Waals surface area contributed by atoms with E-state index in [1.165, 1.54) is 16.7 Å². The molecule has 1 fully saturated rings. The van der Waals surface area contributed by atoms with Gasteiger partial charge in [0.25, 0.3) is 12.8 Å². The molecule has 1 aromatic rings. The Balaban J connectivity index is 1.50. The van der Waals surface area contributed by atoms with Gasteiger partial charge in [-0.05, 0) is 0 Å². The lowest BCUT2D eigenvalue weighted by Gasteiger charge is -2.48. The SMILES string of the molecule is O=C(O)C(=NOCF)c1nsc(NC2C(=O)N3C4=C(CSC23)C(O)OC4=O)n1. The third-order valence-electron chi connectivity index (χ3n) is 4.03. The number of rotatable bonds is 6. The van der Waals surface area contributed by atoms with Crippen LogP contribution < -0.4 is 5.32 Å². The van der Waals surface area contributed by atoms with Crippen molar-refractivity contribution in [3.8, 4) is 0 Å². The standard InChI is InChI=1S/C13H10FN5O7S2/c14-2-25-17-4(10(21)22)7-16-13(28-18-7)15-5-8(20)19-6-3(1-27-9(5)19)11(23)26-12(6)24/h5,9,11,23H,1-2H2,(H,21,22)(H,15,16,18). The molecule has 0 radical (unpaired) electrons. The summed E-state index contributed by atoms with van der Waals surface area (Å²) in [6.45, 7) is -1.31. The molecule has 1 amide bonds. The van der Waals surface area contributed by atoms with Crippen LogP contribution in [0, 0.1) is 0 Å². The first kappa shape index (κ1) is 18.6. The van der Waals surface area contributed by atoms with Gasteiger partial charge in [0.1, 0.15) is 17.1 Å². The number of hydrogen-bond acceptors (Lipinski definition) is 12. The molecule has 12 nitrogen and oxygen atoms in total. The van der Waals surface area contributed by atoms with Gasteiger partial charge in [0, 0.05) is 22.9 Å². The molecular formula is C13H10FN5O7S2. The second-order valence-corrected chi connectivity index (χ2v) is 7.43. The van der Waals surface area contributed by atoms with Gasteiger partial charge in [0.2, 0.25) is 23.0 Å². The number of β-lactam (4-membered cyclic amide) rings is 1. The van der Waals surface area contributed by atoms with Crippen LogP contribution in [0.15, 0.2) is 16.4 Å². The number of nitrogens with zero attached hydrogens (tertiary/aromatic N) is 4. The van der Waals surface area contributed by atoms with Crippen LogP contribution in [0.1, 0.15) is 5.82 Å². The molecule has 3 N–H and O–H groups in total. The molecular weight excluding hydrogens is 421 g/mol. The number of amides is 1. The monoisotopic (exact) mass is 431 g/mol. The van der Waals surface area contributed by atoms with E-state index in [1.807, 2.05) is 0 Å². The molecule has 0 aliphatic carbocycles. The molecule has 3 atom stereocenters. The zero-order valence-electron chi connectivity index (χ0n) is 13.6. The summed E-state index contributed by atoms with van der Waals surface area (Å²) in [5.74, 6) is -2.69. The highest BCUT2D eigenvalue weighted by molar-refractivity contribution is 8.00. The molecule has 0 aromatic carbocycles. The number of carbonyl (C=O) groups is 3. The van der Waals surface area contributed by atoms with E-state index in [4.69, 9.17) is 9.84 Å². The number of hydrogen-bond donors (Lipinski definition) is 3. The number of thioether (sulfide) groups is 1. The topological polar surface area (TPSA) is 164 Å². The molecule has 1 saturated heterocycles. The lowest BCUT2D eigenvalue weighted by Crippen LogP contribution is -2.67. The number of carboxylic acids is 1. The quantitative estimate of drug-likeness (QED) is 0.221. The van der Waals surface area contributed by atoms with Crippen molar-refractivity contribution >= 4 is 52.0 Å². The minimum Gasteiger partial charge on any atom is -0.476 e. The predicted molar refractivity (Wildman–Crippen MR) is 90.8 cm³/mol. The number of aliphatic hydroxyl groups excluding tert-OH is 1. The number of anilines is 1. The number of oxime groups is 1. The van der Waals surface area contributed by atoms with Crippen molar-refractivity contribution in [2.75, 3.05) is 17.9 Å². The number of carbonyl (C=O) groups excluding carboxylic acids is 2. The number of ether oxygens (including phenoxy) is 1. The largest absolute Gasteiger partial charge is 0.476 e. The van der Waals surface area contributed by atoms with Crippen molar-refractivity contribution < 1.29 is 38.6 Å². The van der Waals surface area contributed by atoms with Crippen LogP contribution in [-0.2, 0) is 24.0 Å². The smallest absolute Gasteiger partial charge is 0.362 e. The number of cyclic esters (lactones) is 1. The van der Waals surface area contributed by atoms with Crippen LogP contribution in [0.5, 0.6) is 0 Å². The lowest BCUT2D eigenvalue weighted by atomic mass is 10.0. The van der Waals surface area contributed by atoms with Gasteiger partial charge < -0.3 is 25.1 Å². The molecule has 0 bridgehead atoms. The van der Waals surface area contributed by atoms with Crippen LogP contribution in [0.4, 0.5) is 9.52 Å². The van der Waals surface area contributed by atoms with E-state index in [9.17, 15) is 23.9 Å². The summed E-state index contributed by atoms with van der Waals surface area (Å²) in [4.78, 5) is 44.8. The van der Waals surface area contributed by atoms with Crippen LogP contribution in [0.3, 0.4) is 0 Å².